The zero-order chi connectivity index (χ0) is 88.5. The highest BCUT2D eigenvalue weighted by Gasteiger charge is 2.24. The summed E-state index contributed by atoms with van der Waals surface area (Å²) in [6.45, 7) is 0. The first-order chi connectivity index (χ1) is 66.7. The molecule has 630 valence electrons. The second-order valence-electron chi connectivity index (χ2n) is 34.0. The van der Waals surface area contributed by atoms with Gasteiger partial charge < -0.3 is 26.5 Å². The maximum atomic E-state index is 6.25. The molecule has 12 aromatic heterocycles. The van der Waals surface area contributed by atoms with Crippen LogP contribution in [0.2, 0.25) is 0 Å². The van der Waals surface area contributed by atoms with E-state index in [1.165, 1.54) is 60.5 Å². The molecule has 0 aliphatic carbocycles. The molecule has 0 N–H and O–H groups in total. The molecular formula is C119H65N7O6S3. The highest BCUT2D eigenvalue weighted by Crippen LogP contribution is 2.46. The number of benzene rings is 18. The van der Waals surface area contributed by atoms with Gasteiger partial charge in [-0.15, -0.1) is 34.0 Å². The van der Waals surface area contributed by atoms with Crippen LogP contribution in [0.3, 0.4) is 0 Å². The molecule has 0 amide bonds. The SMILES string of the molecule is c1ccc2c(c1)oc1cc(-c3cc(-c4ccc5oc6ccccc6c5c4)nc(-c4ccc5sc6ccccc6c5c4)n3)ccc12.c1ccc2c(c1)oc1cc(-c3nc(-c4ccc5oc6ccccc6c5c4)cc(-c4ccc5sc6ccccc6c5c4)n3)ccc12.c1ccc2c(c1)oc1cc(-c3nc(-c4ccc5oc6ccccc6c5c4)nc(-c4ccc5sc6ccccc6c5c4)n3)ccc12. The van der Waals surface area contributed by atoms with Crippen molar-refractivity contribution in [3.63, 3.8) is 0 Å². The van der Waals surface area contributed by atoms with E-state index in [2.05, 4.69) is 255 Å². The Morgan fingerprint density at radius 1 is 0.126 bits per heavy atom. The monoisotopic (exact) mass is 1780 g/mol. The molecule has 18 aromatic carbocycles. The summed E-state index contributed by atoms with van der Waals surface area (Å²) in [4.78, 5) is 35.8. The molecule has 0 fully saturated rings. The molecule has 0 saturated carbocycles. The standard InChI is InChI=1S/2C40H22N2O2S.C39H21N3O2S/c1-4-10-34-26(7-1)28-16-13-25(21-37(28)44-34)40-41-32(23-14-17-36-30(19-23)27-8-2-5-11-35(27)43-36)22-33(42-40)24-15-18-39-31(20-24)29-9-3-6-12-38(29)45-39;1-4-10-34-26(7-1)28-16-13-24(21-37(28)44-34)33-22-32(23-14-17-36-30(19-23)27-8-2-5-11-35(27)43-36)41-40(42-33)25-15-18-39-31(20-25)29-9-3-6-12-38(29)45-39;1-4-10-31-25(7-1)27-16-13-24(21-34(27)44-31)39-41-37(22-14-17-33-29(19-22)26-8-2-5-11-32(26)43-33)40-38(42-39)23-15-18-36-30(20-23)28-9-3-6-12-35(28)45-36/h2*1-22H;1-21H. The highest BCUT2D eigenvalue weighted by molar-refractivity contribution is 7.26. The fourth-order valence-corrected chi connectivity index (χ4v) is 22.6. The van der Waals surface area contributed by atoms with E-state index in [1.54, 1.807) is 11.3 Å². The van der Waals surface area contributed by atoms with Gasteiger partial charge in [0, 0.05) is 175 Å². The second-order valence-corrected chi connectivity index (χ2v) is 37.3. The predicted molar refractivity (Wildman–Crippen MR) is 555 cm³/mol. The lowest BCUT2D eigenvalue weighted by Gasteiger charge is -2.10. The van der Waals surface area contributed by atoms with Crippen molar-refractivity contribution in [1.82, 2.24) is 34.9 Å². The second kappa shape index (κ2) is 30.6. The minimum absolute atomic E-state index is 0.588. The zero-order valence-corrected chi connectivity index (χ0v) is 73.8. The van der Waals surface area contributed by atoms with E-state index in [4.69, 9.17) is 61.4 Å². The third kappa shape index (κ3) is 13.0. The number of para-hydroxylation sites is 6. The lowest BCUT2D eigenvalue weighted by Crippen LogP contribution is -2.00. The van der Waals surface area contributed by atoms with E-state index in [-0.39, 0.29) is 0 Å². The van der Waals surface area contributed by atoms with Gasteiger partial charge in [0.2, 0.25) is 0 Å². The molecule has 0 unspecified atom stereocenters. The largest absolute Gasteiger partial charge is 0.456 e. The van der Waals surface area contributed by atoms with Gasteiger partial charge in [-0.2, -0.15) is 0 Å². The van der Waals surface area contributed by atoms with E-state index in [0.717, 1.165) is 204 Å². The van der Waals surface area contributed by atoms with E-state index < -0.39 is 0 Å². The van der Waals surface area contributed by atoms with Gasteiger partial charge in [-0.25, -0.2) is 34.9 Å². The van der Waals surface area contributed by atoms with Gasteiger partial charge in [-0.05, 0) is 206 Å². The Labute approximate surface area is 778 Å². The summed E-state index contributed by atoms with van der Waals surface area (Å²) in [6.07, 6.45) is 0. The number of furan rings is 6. The van der Waals surface area contributed by atoms with Gasteiger partial charge in [-0.3, -0.25) is 0 Å². The summed E-state index contributed by atoms with van der Waals surface area (Å²) >= 11 is 5.43. The minimum Gasteiger partial charge on any atom is -0.456 e. The maximum absolute atomic E-state index is 6.25. The fraction of sp³-hybridized carbons (Fsp3) is 0. The van der Waals surface area contributed by atoms with Crippen LogP contribution in [0, 0.1) is 0 Å². The lowest BCUT2D eigenvalue weighted by molar-refractivity contribution is 0.668. The number of rotatable bonds is 9. The van der Waals surface area contributed by atoms with Gasteiger partial charge in [0.05, 0.1) is 22.8 Å². The first-order valence-electron chi connectivity index (χ1n) is 44.5. The predicted octanol–water partition coefficient (Wildman–Crippen LogP) is 34.3. The van der Waals surface area contributed by atoms with Crippen molar-refractivity contribution >= 4 is 226 Å². The van der Waals surface area contributed by atoms with Gasteiger partial charge >= 0.3 is 0 Å². The van der Waals surface area contributed by atoms with E-state index in [9.17, 15) is 0 Å². The van der Waals surface area contributed by atoms with Crippen molar-refractivity contribution in [2.75, 3.05) is 0 Å². The number of fused-ring (bicyclic) bond motifs is 27. The lowest BCUT2D eigenvalue weighted by atomic mass is 10.0. The van der Waals surface area contributed by atoms with Crippen LogP contribution < -0.4 is 0 Å². The number of hydrogen-bond donors (Lipinski definition) is 0. The smallest absolute Gasteiger partial charge is 0.164 e. The highest BCUT2D eigenvalue weighted by atomic mass is 32.1. The van der Waals surface area contributed by atoms with Crippen LogP contribution in [0.4, 0.5) is 0 Å². The number of aromatic nitrogens is 7. The molecular weight excluding hydrogens is 1720 g/mol. The van der Waals surface area contributed by atoms with Gasteiger partial charge in [0.25, 0.3) is 0 Å². The molecule has 135 heavy (non-hydrogen) atoms. The Hall–Kier alpha value is -17.4. The molecule has 13 nitrogen and oxygen atoms in total. The van der Waals surface area contributed by atoms with Gasteiger partial charge in [0.1, 0.15) is 67.0 Å². The molecule has 0 bridgehead atoms. The van der Waals surface area contributed by atoms with Crippen LogP contribution in [0.1, 0.15) is 0 Å². The molecule has 0 atom stereocenters. The minimum atomic E-state index is 0.588. The quantitative estimate of drug-likeness (QED) is 0.134. The van der Waals surface area contributed by atoms with Crippen molar-refractivity contribution in [2.45, 2.75) is 0 Å². The maximum Gasteiger partial charge on any atom is 0.164 e. The van der Waals surface area contributed by atoms with Crippen molar-refractivity contribution in [3.05, 3.63) is 394 Å². The van der Waals surface area contributed by atoms with E-state index in [1.807, 2.05) is 162 Å². The van der Waals surface area contributed by atoms with Crippen LogP contribution in [-0.2, 0) is 0 Å². The van der Waals surface area contributed by atoms with E-state index in [0.29, 0.717) is 29.1 Å². The Bertz CT molecular complexity index is 8880. The van der Waals surface area contributed by atoms with Crippen molar-refractivity contribution in [2.24, 2.45) is 0 Å². The van der Waals surface area contributed by atoms with Crippen LogP contribution in [0.5, 0.6) is 0 Å². The number of thiophene rings is 3. The fourth-order valence-electron chi connectivity index (χ4n) is 19.4. The molecule has 16 heteroatoms. The summed E-state index contributed by atoms with van der Waals surface area (Å²) in [5, 5.41) is 20.4. The van der Waals surface area contributed by atoms with Gasteiger partial charge in [0.15, 0.2) is 29.1 Å². The summed E-state index contributed by atoms with van der Waals surface area (Å²) in [5.41, 5.74) is 22.3. The Morgan fingerprint density at radius 2 is 0.319 bits per heavy atom. The molecule has 0 spiro atoms. The Morgan fingerprint density at radius 3 is 0.659 bits per heavy atom. The van der Waals surface area contributed by atoms with Crippen LogP contribution in [0.15, 0.2) is 421 Å². The number of hydrogen-bond acceptors (Lipinski definition) is 16. The average molecular weight is 1790 g/mol. The third-order valence-corrected chi connectivity index (χ3v) is 29.4. The van der Waals surface area contributed by atoms with Crippen LogP contribution >= 0.6 is 34.0 Å². The summed E-state index contributed by atoms with van der Waals surface area (Å²) in [5.74, 6) is 3.14. The Balaban J connectivity index is 0.000000101. The van der Waals surface area contributed by atoms with Crippen LogP contribution in [0.25, 0.3) is 294 Å². The van der Waals surface area contributed by atoms with Crippen molar-refractivity contribution in [1.29, 1.82) is 0 Å². The first-order valence-corrected chi connectivity index (χ1v) is 47.0. The first kappa shape index (κ1) is 76.5. The summed E-state index contributed by atoms with van der Waals surface area (Å²) < 4.78 is 44.6. The average Bonchev–Trinajstić information content (AvgIpc) is 1.69. The molecule has 0 saturated heterocycles. The Kier molecular flexibility index (Phi) is 17.3. The van der Waals surface area contributed by atoms with Crippen molar-refractivity contribution in [3.8, 4) is 102 Å². The van der Waals surface area contributed by atoms with Crippen LogP contribution in [-0.4, -0.2) is 34.9 Å². The molecule has 12 heterocycles. The third-order valence-electron chi connectivity index (χ3n) is 26.0. The molecule has 30 aromatic rings. The molecule has 0 aliphatic rings. The van der Waals surface area contributed by atoms with Crippen molar-refractivity contribution < 1.29 is 26.5 Å². The summed E-state index contributed by atoms with van der Waals surface area (Å²) in [6, 6.07) is 136. The normalized spacial score (nSPS) is 12.0. The van der Waals surface area contributed by atoms with Gasteiger partial charge in [-0.1, -0.05) is 188 Å². The molecule has 30 rings (SSSR count). The number of nitrogens with zero attached hydrogens (tertiary/aromatic N) is 7. The van der Waals surface area contributed by atoms with E-state index >= 15 is 0 Å². The zero-order valence-electron chi connectivity index (χ0n) is 71.3. The topological polar surface area (TPSA) is 169 Å². The summed E-state index contributed by atoms with van der Waals surface area (Å²) in [7, 11) is 0. The molecule has 0 radical (unpaired) electrons. The molecule has 0 aliphatic heterocycles.